The van der Waals surface area contributed by atoms with E-state index in [-0.39, 0.29) is 25.2 Å². The normalized spacial score (nSPS) is 19.7. The zero-order valence-electron chi connectivity index (χ0n) is 16.5. The molecule has 0 spiro atoms. The van der Waals surface area contributed by atoms with Gasteiger partial charge in [-0.15, -0.1) is 0 Å². The Labute approximate surface area is 168 Å². The number of carbonyl (C=O) groups is 4. The van der Waals surface area contributed by atoms with E-state index in [0.717, 1.165) is 0 Å². The van der Waals surface area contributed by atoms with Crippen molar-refractivity contribution in [3.05, 3.63) is 35.4 Å². The monoisotopic (exact) mass is 404 g/mol. The number of hydrogen-bond acceptors (Lipinski definition) is 7. The molecule has 9 nitrogen and oxygen atoms in total. The van der Waals surface area contributed by atoms with Gasteiger partial charge in [-0.25, -0.2) is 14.4 Å². The van der Waals surface area contributed by atoms with Gasteiger partial charge in [-0.05, 0) is 38.0 Å². The lowest BCUT2D eigenvalue weighted by atomic mass is 10.0. The Kier molecular flexibility index (Phi) is 6.36. The van der Waals surface area contributed by atoms with Gasteiger partial charge in [0, 0.05) is 24.7 Å². The molecule has 2 amide bonds. The van der Waals surface area contributed by atoms with Crippen molar-refractivity contribution in [1.29, 1.82) is 0 Å². The lowest BCUT2D eigenvalue weighted by Gasteiger charge is -2.37. The van der Waals surface area contributed by atoms with E-state index in [4.69, 9.17) is 14.2 Å². The molecule has 1 aromatic rings. The maximum atomic E-state index is 12.8. The number of hydrogen-bond donors (Lipinski definition) is 0. The Morgan fingerprint density at radius 2 is 1.86 bits per heavy atom. The summed E-state index contributed by atoms with van der Waals surface area (Å²) in [5, 5.41) is 0. The highest BCUT2D eigenvalue weighted by molar-refractivity contribution is 5.98. The number of nitrogens with zero attached hydrogens (tertiary/aromatic N) is 2. The molecule has 2 fully saturated rings. The van der Waals surface area contributed by atoms with Crippen LogP contribution >= 0.6 is 0 Å². The summed E-state index contributed by atoms with van der Waals surface area (Å²) in [5.74, 6) is -1.17. The van der Waals surface area contributed by atoms with Gasteiger partial charge in [0.2, 0.25) is 0 Å². The van der Waals surface area contributed by atoms with Crippen LogP contribution in [0.3, 0.4) is 0 Å². The topological polar surface area (TPSA) is 102 Å². The summed E-state index contributed by atoms with van der Waals surface area (Å²) in [6.45, 7) is 2.77. The number of ether oxygens (including phenoxy) is 3. The summed E-state index contributed by atoms with van der Waals surface area (Å²) in [4.78, 5) is 51.9. The van der Waals surface area contributed by atoms with Crippen molar-refractivity contribution in [2.75, 3.05) is 33.4 Å². The maximum Gasteiger partial charge on any atom is 0.410 e. The summed E-state index contributed by atoms with van der Waals surface area (Å²) in [5.41, 5.74) is 0.710. The minimum atomic E-state index is -0.744. The molecule has 2 aliphatic rings. The summed E-state index contributed by atoms with van der Waals surface area (Å²) < 4.78 is 14.8. The van der Waals surface area contributed by atoms with Crippen molar-refractivity contribution in [2.45, 2.75) is 31.8 Å². The minimum absolute atomic E-state index is 0.0167. The predicted molar refractivity (Wildman–Crippen MR) is 100 cm³/mol. The molecule has 2 saturated heterocycles. The molecule has 3 rings (SSSR count). The Hall–Kier alpha value is -3.10. The SMILES string of the molecule is CCOC(=O)C1COC(=O)N1C1CCN(C(=O)c2cccc(C(=O)OC)c2)CC1. The lowest BCUT2D eigenvalue weighted by Crippen LogP contribution is -2.52. The van der Waals surface area contributed by atoms with Gasteiger partial charge in [0.15, 0.2) is 6.04 Å². The van der Waals surface area contributed by atoms with Crippen LogP contribution in [-0.4, -0.2) is 79.2 Å². The van der Waals surface area contributed by atoms with Gasteiger partial charge in [0.05, 0.1) is 19.3 Å². The van der Waals surface area contributed by atoms with Gasteiger partial charge in [0.25, 0.3) is 5.91 Å². The summed E-state index contributed by atoms with van der Waals surface area (Å²) in [6.07, 6.45) is 0.513. The van der Waals surface area contributed by atoms with E-state index in [1.807, 2.05) is 0 Å². The average molecular weight is 404 g/mol. The number of piperidine rings is 1. The highest BCUT2D eigenvalue weighted by atomic mass is 16.6. The van der Waals surface area contributed by atoms with Gasteiger partial charge in [0.1, 0.15) is 6.61 Å². The lowest BCUT2D eigenvalue weighted by molar-refractivity contribution is -0.148. The third kappa shape index (κ3) is 4.33. The minimum Gasteiger partial charge on any atom is -0.465 e. The maximum absolute atomic E-state index is 12.8. The molecule has 0 saturated carbocycles. The van der Waals surface area contributed by atoms with Crippen LogP contribution in [-0.2, 0) is 19.0 Å². The molecule has 0 bridgehead atoms. The molecule has 1 atom stereocenters. The highest BCUT2D eigenvalue weighted by Crippen LogP contribution is 2.25. The second-order valence-corrected chi connectivity index (χ2v) is 6.85. The van der Waals surface area contributed by atoms with E-state index >= 15 is 0 Å². The number of benzene rings is 1. The first kappa shape index (κ1) is 20.6. The first-order chi connectivity index (χ1) is 14.0. The fourth-order valence-corrected chi connectivity index (χ4v) is 3.68. The van der Waals surface area contributed by atoms with Crippen molar-refractivity contribution in [1.82, 2.24) is 9.80 Å². The first-order valence-electron chi connectivity index (χ1n) is 9.55. The third-order valence-electron chi connectivity index (χ3n) is 5.15. The van der Waals surface area contributed by atoms with E-state index in [0.29, 0.717) is 37.1 Å². The van der Waals surface area contributed by atoms with Crippen LogP contribution in [0.2, 0.25) is 0 Å². The van der Waals surface area contributed by atoms with Gasteiger partial charge in [-0.3, -0.25) is 9.69 Å². The van der Waals surface area contributed by atoms with E-state index in [1.165, 1.54) is 18.1 Å². The van der Waals surface area contributed by atoms with Crippen LogP contribution in [0.1, 0.15) is 40.5 Å². The van der Waals surface area contributed by atoms with Crippen LogP contribution < -0.4 is 0 Å². The number of rotatable bonds is 5. The van der Waals surface area contributed by atoms with Crippen molar-refractivity contribution in [2.24, 2.45) is 0 Å². The molecular weight excluding hydrogens is 380 g/mol. The molecule has 0 aliphatic carbocycles. The standard InChI is InChI=1S/C20H24N2O7/c1-3-28-19(25)16-12-29-20(26)22(16)15-7-9-21(10-8-15)17(23)13-5-4-6-14(11-13)18(24)27-2/h4-6,11,15-16H,3,7-10,12H2,1-2H3. The second-order valence-electron chi connectivity index (χ2n) is 6.85. The molecule has 2 heterocycles. The van der Waals surface area contributed by atoms with E-state index in [1.54, 1.807) is 30.0 Å². The molecule has 9 heteroatoms. The van der Waals surface area contributed by atoms with Gasteiger partial charge < -0.3 is 19.1 Å². The van der Waals surface area contributed by atoms with Crippen molar-refractivity contribution >= 4 is 23.9 Å². The average Bonchev–Trinajstić information content (AvgIpc) is 3.14. The highest BCUT2D eigenvalue weighted by Gasteiger charge is 2.44. The quantitative estimate of drug-likeness (QED) is 0.541. The molecule has 1 aromatic carbocycles. The number of methoxy groups -OCH3 is 1. The summed E-state index contributed by atoms with van der Waals surface area (Å²) in [7, 11) is 1.29. The molecule has 29 heavy (non-hydrogen) atoms. The molecule has 2 aliphatic heterocycles. The molecule has 0 radical (unpaired) electrons. The first-order valence-corrected chi connectivity index (χ1v) is 9.55. The number of cyclic esters (lactones) is 1. The van der Waals surface area contributed by atoms with Crippen LogP contribution in [0.5, 0.6) is 0 Å². The largest absolute Gasteiger partial charge is 0.465 e. The summed E-state index contributed by atoms with van der Waals surface area (Å²) in [6, 6.07) is 5.43. The molecule has 156 valence electrons. The Morgan fingerprint density at radius 1 is 1.17 bits per heavy atom. The number of likely N-dealkylation sites (tertiary alicyclic amines) is 1. The van der Waals surface area contributed by atoms with Crippen LogP contribution in [0.4, 0.5) is 4.79 Å². The van der Waals surface area contributed by atoms with Crippen molar-refractivity contribution < 1.29 is 33.4 Å². The zero-order chi connectivity index (χ0) is 21.0. The van der Waals surface area contributed by atoms with E-state index in [2.05, 4.69) is 0 Å². The van der Waals surface area contributed by atoms with E-state index < -0.39 is 24.1 Å². The summed E-state index contributed by atoms with van der Waals surface area (Å²) >= 11 is 0. The van der Waals surface area contributed by atoms with Crippen LogP contribution in [0.15, 0.2) is 24.3 Å². The number of carbonyl (C=O) groups excluding carboxylic acids is 4. The fourth-order valence-electron chi connectivity index (χ4n) is 3.68. The zero-order valence-corrected chi connectivity index (χ0v) is 16.5. The van der Waals surface area contributed by atoms with Gasteiger partial charge >= 0.3 is 18.0 Å². The Bertz CT molecular complexity index is 802. The van der Waals surface area contributed by atoms with Crippen LogP contribution in [0.25, 0.3) is 0 Å². The molecule has 0 N–H and O–H groups in total. The Balaban J connectivity index is 1.64. The third-order valence-corrected chi connectivity index (χ3v) is 5.15. The van der Waals surface area contributed by atoms with Gasteiger partial charge in [-0.2, -0.15) is 0 Å². The molecular formula is C20H24N2O7. The molecule has 1 unspecified atom stereocenters. The number of amides is 2. The van der Waals surface area contributed by atoms with Crippen LogP contribution in [0, 0.1) is 0 Å². The second kappa shape index (κ2) is 8.93. The fraction of sp³-hybridized carbons (Fsp3) is 0.500. The van der Waals surface area contributed by atoms with E-state index in [9.17, 15) is 19.2 Å². The predicted octanol–water partition coefficient (Wildman–Crippen LogP) is 1.46. The number of esters is 2. The van der Waals surface area contributed by atoms with Gasteiger partial charge in [-0.1, -0.05) is 6.07 Å². The molecule has 0 aromatic heterocycles. The Morgan fingerprint density at radius 3 is 2.52 bits per heavy atom. The van der Waals surface area contributed by atoms with Crippen molar-refractivity contribution in [3.63, 3.8) is 0 Å². The van der Waals surface area contributed by atoms with Crippen molar-refractivity contribution in [3.8, 4) is 0 Å². The smallest absolute Gasteiger partial charge is 0.410 e.